The molecule has 1 heterocycles. The number of ether oxygens (including phenoxy) is 1. The smallest absolute Gasteiger partial charge is 0.294 e. The predicted molar refractivity (Wildman–Crippen MR) is 107 cm³/mol. The molecule has 1 aromatic rings. The number of hydrogen-bond acceptors (Lipinski definition) is 7. The van der Waals surface area contributed by atoms with Gasteiger partial charge in [-0.05, 0) is 55.2 Å². The predicted octanol–water partition coefficient (Wildman–Crippen LogP) is 2.69. The fourth-order valence-corrected chi connectivity index (χ4v) is 4.85. The van der Waals surface area contributed by atoms with Crippen molar-refractivity contribution < 1.29 is 24.3 Å². The number of methoxy groups -OCH3 is 1. The van der Waals surface area contributed by atoms with E-state index in [0.29, 0.717) is 12.5 Å². The second-order valence-corrected chi connectivity index (χ2v) is 8.49. The molecule has 1 saturated carbocycles. The van der Waals surface area contributed by atoms with Crippen molar-refractivity contribution >= 4 is 22.9 Å². The molecule has 1 saturated heterocycles. The van der Waals surface area contributed by atoms with Crippen LogP contribution in [0.5, 0.6) is 5.75 Å². The van der Waals surface area contributed by atoms with Crippen LogP contribution in [0, 0.1) is 22.0 Å². The van der Waals surface area contributed by atoms with Crippen LogP contribution in [-0.4, -0.2) is 42.5 Å². The van der Waals surface area contributed by atoms with Crippen molar-refractivity contribution in [1.29, 1.82) is 0 Å². The molecule has 0 aromatic heterocycles. The molecule has 29 heavy (non-hydrogen) atoms. The first-order valence-corrected chi connectivity index (χ1v) is 10.5. The molecule has 2 fully saturated rings. The maximum Gasteiger partial charge on any atom is 0.294 e. The van der Waals surface area contributed by atoms with Crippen LogP contribution in [0.4, 0.5) is 4.79 Å². The Bertz CT molecular complexity index is 736. The largest absolute Gasteiger partial charge is 0.497 e. The van der Waals surface area contributed by atoms with Crippen molar-refractivity contribution in [1.82, 2.24) is 10.6 Å². The molecule has 9 nitrogen and oxygen atoms in total. The summed E-state index contributed by atoms with van der Waals surface area (Å²) >= 11 is 1.12. The summed E-state index contributed by atoms with van der Waals surface area (Å²) in [4.78, 5) is 39.4. The highest BCUT2D eigenvalue weighted by molar-refractivity contribution is 8.14. The number of benzene rings is 1. The average molecular weight is 423 g/mol. The third-order valence-corrected chi connectivity index (χ3v) is 6.61. The lowest BCUT2D eigenvalue weighted by Crippen LogP contribution is -2.45. The molecule has 158 valence electrons. The molecule has 1 aromatic carbocycles. The van der Waals surface area contributed by atoms with Gasteiger partial charge >= 0.3 is 0 Å². The van der Waals surface area contributed by atoms with E-state index in [4.69, 9.17) is 4.74 Å². The molecule has 1 aliphatic carbocycles. The fraction of sp³-hybridized carbons (Fsp3) is 0.579. The summed E-state index contributed by atoms with van der Waals surface area (Å²) in [5.41, 5.74) is 0.889. The van der Waals surface area contributed by atoms with Gasteiger partial charge in [-0.2, -0.15) is 0 Å². The lowest BCUT2D eigenvalue weighted by molar-refractivity contribution is -0.759. The molecule has 2 amide bonds. The summed E-state index contributed by atoms with van der Waals surface area (Å²) < 4.78 is 5.16. The second-order valence-electron chi connectivity index (χ2n) is 7.37. The van der Waals surface area contributed by atoms with E-state index in [-0.39, 0.29) is 28.9 Å². The lowest BCUT2D eigenvalue weighted by atomic mass is 9.82. The molecule has 10 heteroatoms. The lowest BCUT2D eigenvalue weighted by Gasteiger charge is -2.28. The minimum absolute atomic E-state index is 0.140. The topological polar surface area (TPSA) is 120 Å². The van der Waals surface area contributed by atoms with Crippen LogP contribution in [0.15, 0.2) is 24.3 Å². The highest BCUT2D eigenvalue weighted by Gasteiger charge is 2.39. The molecule has 2 N–H and O–H groups in total. The van der Waals surface area contributed by atoms with E-state index in [2.05, 4.69) is 15.5 Å². The molecule has 0 spiro atoms. The van der Waals surface area contributed by atoms with Gasteiger partial charge in [-0.1, -0.05) is 23.9 Å². The Morgan fingerprint density at radius 3 is 2.52 bits per heavy atom. The maximum atomic E-state index is 12.7. The number of nitrogens with one attached hydrogen (secondary N) is 2. The van der Waals surface area contributed by atoms with Crippen LogP contribution in [0.3, 0.4) is 0 Å². The number of hydrogen-bond donors (Lipinski definition) is 2. The quantitative estimate of drug-likeness (QED) is 0.487. The molecule has 1 aliphatic heterocycles. The SMILES string of the molecule is COc1ccc(C2SC(=O)NC2C(=O)NCC2CCC(CO[N+](=O)[O-])CC2)cc1. The Morgan fingerprint density at radius 1 is 1.24 bits per heavy atom. The van der Waals surface area contributed by atoms with E-state index in [1.54, 1.807) is 7.11 Å². The van der Waals surface area contributed by atoms with E-state index >= 15 is 0 Å². The van der Waals surface area contributed by atoms with Crippen molar-refractivity contribution in [2.75, 3.05) is 20.3 Å². The Hall–Kier alpha value is -2.49. The highest BCUT2D eigenvalue weighted by Crippen LogP contribution is 2.38. The fourth-order valence-electron chi connectivity index (χ4n) is 3.80. The van der Waals surface area contributed by atoms with Gasteiger partial charge in [0.1, 0.15) is 11.8 Å². The first-order chi connectivity index (χ1) is 14.0. The number of rotatable bonds is 8. The summed E-state index contributed by atoms with van der Waals surface area (Å²) in [5.74, 6) is 1.05. The summed E-state index contributed by atoms with van der Waals surface area (Å²) in [6, 6.07) is 6.74. The monoisotopic (exact) mass is 423 g/mol. The van der Waals surface area contributed by atoms with Crippen molar-refractivity contribution in [2.45, 2.75) is 37.0 Å². The average Bonchev–Trinajstić information content (AvgIpc) is 3.13. The third kappa shape index (κ3) is 5.75. The van der Waals surface area contributed by atoms with Crippen molar-refractivity contribution in [3.63, 3.8) is 0 Å². The van der Waals surface area contributed by atoms with Gasteiger partial charge in [-0.3, -0.25) is 9.59 Å². The van der Waals surface area contributed by atoms with E-state index < -0.39 is 11.1 Å². The van der Waals surface area contributed by atoms with Gasteiger partial charge < -0.3 is 20.2 Å². The number of nitrogens with zero attached hydrogens (tertiary/aromatic N) is 1. The van der Waals surface area contributed by atoms with Gasteiger partial charge in [-0.15, -0.1) is 10.1 Å². The normalized spacial score (nSPS) is 26.4. The second kappa shape index (κ2) is 9.82. The van der Waals surface area contributed by atoms with Crippen LogP contribution >= 0.6 is 11.8 Å². The van der Waals surface area contributed by atoms with Crippen LogP contribution in [0.25, 0.3) is 0 Å². The van der Waals surface area contributed by atoms with E-state index in [0.717, 1.165) is 48.8 Å². The first-order valence-electron chi connectivity index (χ1n) is 9.62. The number of thioether (sulfide) groups is 1. The Morgan fingerprint density at radius 2 is 1.90 bits per heavy atom. The Kier molecular flexibility index (Phi) is 7.18. The van der Waals surface area contributed by atoms with Crippen molar-refractivity contribution in [3.8, 4) is 5.75 Å². The zero-order valence-electron chi connectivity index (χ0n) is 16.2. The molecule has 0 radical (unpaired) electrons. The summed E-state index contributed by atoms with van der Waals surface area (Å²) in [6.07, 6.45) is 3.47. The minimum Gasteiger partial charge on any atom is -0.497 e. The van der Waals surface area contributed by atoms with Gasteiger partial charge in [-0.25, -0.2) is 0 Å². The number of amides is 2. The highest BCUT2D eigenvalue weighted by atomic mass is 32.2. The first kappa shape index (κ1) is 21.2. The Balaban J connectivity index is 1.49. The van der Waals surface area contributed by atoms with E-state index in [9.17, 15) is 19.7 Å². The molecule has 2 atom stereocenters. The van der Waals surface area contributed by atoms with Crippen molar-refractivity contribution in [3.05, 3.63) is 39.9 Å². The molecule has 2 aliphatic rings. The Labute approximate surface area is 173 Å². The van der Waals surface area contributed by atoms with Crippen LogP contribution in [0.1, 0.15) is 36.5 Å². The van der Waals surface area contributed by atoms with Crippen LogP contribution in [-0.2, 0) is 9.63 Å². The zero-order chi connectivity index (χ0) is 20.8. The minimum atomic E-state index is -0.751. The number of carbonyl (C=O) groups is 2. The van der Waals surface area contributed by atoms with Gasteiger partial charge in [0.05, 0.1) is 19.0 Å². The van der Waals surface area contributed by atoms with Gasteiger partial charge in [0.2, 0.25) is 5.91 Å². The van der Waals surface area contributed by atoms with E-state index in [1.165, 1.54) is 0 Å². The third-order valence-electron chi connectivity index (χ3n) is 5.48. The standard InChI is InChI=1S/C19H25N3O6S/c1-27-15-8-6-14(7-9-15)17-16(21-19(24)29-17)18(23)20-10-12-2-4-13(5-3-12)11-28-22(25)26/h6-9,12-13,16-17H,2-5,10-11H2,1H3,(H,20,23)(H,21,24). The van der Waals surface area contributed by atoms with Gasteiger partial charge in [0.25, 0.3) is 10.3 Å². The van der Waals surface area contributed by atoms with E-state index in [1.807, 2.05) is 24.3 Å². The molecule has 2 unspecified atom stereocenters. The van der Waals surface area contributed by atoms with Crippen LogP contribution < -0.4 is 15.4 Å². The van der Waals surface area contributed by atoms with Crippen molar-refractivity contribution in [2.24, 2.45) is 11.8 Å². The van der Waals surface area contributed by atoms with Gasteiger partial charge in [0.15, 0.2) is 0 Å². The molecular formula is C19H25N3O6S. The molecule has 0 bridgehead atoms. The number of carbonyl (C=O) groups excluding carboxylic acids is 2. The molecular weight excluding hydrogens is 398 g/mol. The summed E-state index contributed by atoms with van der Waals surface area (Å²) in [7, 11) is 1.59. The molecule has 3 rings (SSSR count). The zero-order valence-corrected chi connectivity index (χ0v) is 17.0. The maximum absolute atomic E-state index is 12.7. The van der Waals surface area contributed by atoms with Gasteiger partial charge in [0, 0.05) is 6.54 Å². The summed E-state index contributed by atoms with van der Waals surface area (Å²) in [6.45, 7) is 0.676. The summed E-state index contributed by atoms with van der Waals surface area (Å²) in [5, 5.41) is 14.8. The van der Waals surface area contributed by atoms with Crippen LogP contribution in [0.2, 0.25) is 0 Å².